The highest BCUT2D eigenvalue weighted by atomic mass is 79.9. The molecule has 3 aromatic carbocycles. The topological polar surface area (TPSA) is 73.9 Å². The summed E-state index contributed by atoms with van der Waals surface area (Å²) in [6, 6.07) is 16.3. The highest BCUT2D eigenvalue weighted by Gasteiger charge is 2.43. The van der Waals surface area contributed by atoms with Gasteiger partial charge in [0.2, 0.25) is 0 Å². The molecule has 1 aliphatic heterocycles. The lowest BCUT2D eigenvalue weighted by molar-refractivity contribution is -0.138. The highest BCUT2D eigenvalue weighted by molar-refractivity contribution is 9.10. The van der Waals surface area contributed by atoms with Gasteiger partial charge in [-0.15, -0.1) is 0 Å². The third-order valence-corrected chi connectivity index (χ3v) is 8.02. The number of hydrogen-bond acceptors (Lipinski definition) is 6. The van der Waals surface area contributed by atoms with Gasteiger partial charge in [-0.2, -0.15) is 0 Å². The monoisotopic (exact) mass is 627 g/mol. The molecule has 2 aliphatic rings. The fourth-order valence-corrected chi connectivity index (χ4v) is 5.87. The first-order valence-electron chi connectivity index (χ1n) is 12.2. The van der Waals surface area contributed by atoms with Crippen LogP contribution in [0.2, 0.25) is 10.0 Å². The largest absolute Gasteiger partial charge is 0.493 e. The molecular weight excluding hydrogens is 605 g/mol. The van der Waals surface area contributed by atoms with Gasteiger partial charge in [0.25, 0.3) is 0 Å². The van der Waals surface area contributed by atoms with E-state index in [1.807, 2.05) is 37.3 Å². The molecule has 0 bridgehead atoms. The molecule has 1 heterocycles. The third kappa shape index (κ3) is 4.95. The number of methoxy groups -OCH3 is 1. The standard InChI is InChI=1S/C30H24BrCl2NO5/c1-4-38-30(36)24-15(2)34-27-18-7-5-6-8-19(18)28(35)26(27)25(24)17-12-20(31)29(23(13-17)37-3)39-14-16-9-10-21(32)22(33)11-16/h5-13,25,34H,4,14H2,1-3H3/t25-/m0/s1. The molecule has 0 fully saturated rings. The molecule has 0 unspecified atom stereocenters. The summed E-state index contributed by atoms with van der Waals surface area (Å²) in [6.45, 7) is 3.99. The number of dihydropyridines is 1. The van der Waals surface area contributed by atoms with Crippen LogP contribution in [0.3, 0.4) is 0 Å². The molecule has 5 rings (SSSR count). The minimum Gasteiger partial charge on any atom is -0.493 e. The zero-order chi connectivity index (χ0) is 27.8. The lowest BCUT2D eigenvalue weighted by Crippen LogP contribution is -2.29. The Balaban J connectivity index is 1.59. The van der Waals surface area contributed by atoms with Crippen molar-refractivity contribution in [1.82, 2.24) is 5.32 Å². The predicted molar refractivity (Wildman–Crippen MR) is 154 cm³/mol. The third-order valence-electron chi connectivity index (χ3n) is 6.70. The van der Waals surface area contributed by atoms with Gasteiger partial charge >= 0.3 is 5.97 Å². The van der Waals surface area contributed by atoms with Crippen molar-refractivity contribution in [2.45, 2.75) is 26.4 Å². The quantitative estimate of drug-likeness (QED) is 0.274. The smallest absolute Gasteiger partial charge is 0.336 e. The maximum atomic E-state index is 13.7. The molecule has 0 saturated heterocycles. The molecular formula is C30H24BrCl2NO5. The predicted octanol–water partition coefficient (Wildman–Crippen LogP) is 7.48. The summed E-state index contributed by atoms with van der Waals surface area (Å²) in [5.41, 5.74) is 5.07. The number of nitrogens with one attached hydrogen (secondary N) is 1. The Bertz CT molecular complexity index is 1580. The van der Waals surface area contributed by atoms with Gasteiger partial charge in [0.1, 0.15) is 6.61 Å². The number of carbonyl (C=O) groups is 2. The molecule has 0 spiro atoms. The average Bonchev–Trinajstić information content (AvgIpc) is 3.20. The van der Waals surface area contributed by atoms with Gasteiger partial charge in [0.15, 0.2) is 17.3 Å². The number of hydrogen-bond donors (Lipinski definition) is 1. The van der Waals surface area contributed by atoms with E-state index in [9.17, 15) is 9.59 Å². The Hall–Kier alpha value is -3.26. The van der Waals surface area contributed by atoms with E-state index in [4.69, 9.17) is 37.4 Å². The van der Waals surface area contributed by atoms with Crippen LogP contribution in [0, 0.1) is 0 Å². The van der Waals surface area contributed by atoms with Gasteiger partial charge < -0.3 is 19.5 Å². The van der Waals surface area contributed by atoms with Crippen LogP contribution in [-0.2, 0) is 16.1 Å². The van der Waals surface area contributed by atoms with Crippen molar-refractivity contribution >= 4 is 56.6 Å². The van der Waals surface area contributed by atoms with E-state index < -0.39 is 11.9 Å². The molecule has 1 atom stereocenters. The van der Waals surface area contributed by atoms with E-state index in [1.54, 1.807) is 31.2 Å². The number of halogens is 3. The van der Waals surface area contributed by atoms with Gasteiger partial charge in [-0.05, 0) is 65.2 Å². The number of benzene rings is 3. The minimum atomic E-state index is -0.686. The Morgan fingerprint density at radius 2 is 1.79 bits per heavy atom. The number of rotatable bonds is 7. The van der Waals surface area contributed by atoms with Crippen molar-refractivity contribution in [2.24, 2.45) is 0 Å². The lowest BCUT2D eigenvalue weighted by Gasteiger charge is -2.30. The Morgan fingerprint density at radius 3 is 2.49 bits per heavy atom. The molecule has 0 saturated carbocycles. The Labute approximate surface area is 244 Å². The molecule has 6 nitrogen and oxygen atoms in total. The number of allylic oxidation sites excluding steroid dienone is 2. The van der Waals surface area contributed by atoms with Crippen molar-refractivity contribution < 1.29 is 23.8 Å². The first-order valence-corrected chi connectivity index (χ1v) is 13.8. The average molecular weight is 629 g/mol. The van der Waals surface area contributed by atoms with E-state index in [0.717, 1.165) is 11.1 Å². The van der Waals surface area contributed by atoms with Gasteiger partial charge in [-0.25, -0.2) is 4.79 Å². The van der Waals surface area contributed by atoms with E-state index in [1.165, 1.54) is 7.11 Å². The number of ether oxygens (including phenoxy) is 3. The second kappa shape index (κ2) is 11.1. The van der Waals surface area contributed by atoms with Crippen LogP contribution in [0.1, 0.15) is 46.8 Å². The number of esters is 1. The van der Waals surface area contributed by atoms with Crippen LogP contribution in [-0.4, -0.2) is 25.5 Å². The van der Waals surface area contributed by atoms with Crippen molar-refractivity contribution in [2.75, 3.05) is 13.7 Å². The molecule has 0 radical (unpaired) electrons. The number of carbonyl (C=O) groups excluding carboxylic acids is 2. The van der Waals surface area contributed by atoms with E-state index >= 15 is 0 Å². The second-order valence-corrected chi connectivity index (χ2v) is 10.7. The zero-order valence-electron chi connectivity index (χ0n) is 21.4. The van der Waals surface area contributed by atoms with Gasteiger partial charge in [-0.1, -0.05) is 53.5 Å². The van der Waals surface area contributed by atoms with E-state index in [2.05, 4.69) is 21.2 Å². The van der Waals surface area contributed by atoms with Crippen molar-refractivity contribution in [3.05, 3.63) is 108 Å². The van der Waals surface area contributed by atoms with Crippen molar-refractivity contribution in [1.29, 1.82) is 0 Å². The zero-order valence-corrected chi connectivity index (χ0v) is 24.5. The van der Waals surface area contributed by atoms with Crippen LogP contribution < -0.4 is 14.8 Å². The van der Waals surface area contributed by atoms with Crippen molar-refractivity contribution in [3.63, 3.8) is 0 Å². The number of Topliss-reactive ketones (excluding diaryl/α,β-unsaturated/α-hetero) is 1. The first-order chi connectivity index (χ1) is 18.7. The molecule has 9 heteroatoms. The molecule has 1 aliphatic carbocycles. The fraction of sp³-hybridized carbons (Fsp3) is 0.200. The van der Waals surface area contributed by atoms with Crippen molar-refractivity contribution in [3.8, 4) is 11.5 Å². The summed E-state index contributed by atoms with van der Waals surface area (Å²) >= 11 is 15.8. The molecule has 1 N–H and O–H groups in total. The summed E-state index contributed by atoms with van der Waals surface area (Å²) in [4.78, 5) is 26.9. The van der Waals surface area contributed by atoms with E-state index in [-0.39, 0.29) is 19.0 Å². The Kier molecular flexibility index (Phi) is 7.76. The number of ketones is 1. The van der Waals surface area contributed by atoms with Crippen LogP contribution in [0.5, 0.6) is 11.5 Å². The van der Waals surface area contributed by atoms with Crippen LogP contribution in [0.4, 0.5) is 0 Å². The second-order valence-electron chi connectivity index (χ2n) is 9.05. The summed E-state index contributed by atoms with van der Waals surface area (Å²) in [7, 11) is 1.54. The molecule has 3 aromatic rings. The summed E-state index contributed by atoms with van der Waals surface area (Å²) in [5, 5.41) is 4.20. The Morgan fingerprint density at radius 1 is 1.05 bits per heavy atom. The van der Waals surface area contributed by atoms with Gasteiger partial charge in [0, 0.05) is 28.3 Å². The van der Waals surface area contributed by atoms with Gasteiger partial charge in [0.05, 0.1) is 39.5 Å². The summed E-state index contributed by atoms with van der Waals surface area (Å²) in [6.07, 6.45) is 0. The minimum absolute atomic E-state index is 0.137. The first kappa shape index (κ1) is 27.3. The molecule has 200 valence electrons. The SMILES string of the molecule is CCOC(=O)C1=C(C)NC2=C(C(=O)c3ccccc32)[C@H]1c1cc(Br)c(OCc2ccc(Cl)c(Cl)c2)c(OC)c1. The van der Waals surface area contributed by atoms with Crippen LogP contribution in [0.15, 0.2) is 75.9 Å². The maximum absolute atomic E-state index is 13.7. The number of fused-ring (bicyclic) bond motifs is 2. The lowest BCUT2D eigenvalue weighted by atomic mass is 9.79. The van der Waals surface area contributed by atoms with E-state index in [0.29, 0.717) is 59.7 Å². The molecule has 0 aromatic heterocycles. The fourth-order valence-electron chi connectivity index (χ4n) is 4.97. The van der Waals surface area contributed by atoms with Crippen LogP contribution >= 0.6 is 39.1 Å². The molecule has 39 heavy (non-hydrogen) atoms. The van der Waals surface area contributed by atoms with Crippen LogP contribution in [0.25, 0.3) is 5.70 Å². The highest BCUT2D eigenvalue weighted by Crippen LogP contribution is 2.49. The maximum Gasteiger partial charge on any atom is 0.336 e. The summed E-state index contributed by atoms with van der Waals surface area (Å²) < 4.78 is 17.8. The normalized spacial score (nSPS) is 16.1. The molecule has 0 amide bonds. The van der Waals surface area contributed by atoms with Gasteiger partial charge in [-0.3, -0.25) is 4.79 Å². The summed E-state index contributed by atoms with van der Waals surface area (Å²) in [5.74, 6) is -0.409.